The number of carboxylic acid groups (broad SMARTS) is 1. The highest BCUT2D eigenvalue weighted by molar-refractivity contribution is 5.78. The maximum Gasteiger partial charge on any atom is 0.323 e. The molecule has 0 fully saturated rings. The van der Waals surface area contributed by atoms with Gasteiger partial charge >= 0.3 is 5.97 Å². The summed E-state index contributed by atoms with van der Waals surface area (Å²) in [6, 6.07) is 8.29. The summed E-state index contributed by atoms with van der Waals surface area (Å²) in [6.45, 7) is 6.98. The largest absolute Gasteiger partial charge is 0.480 e. The summed E-state index contributed by atoms with van der Waals surface area (Å²) < 4.78 is 0. The standard InChI is InChI=1S/C16H25N3O2/c1-4-17-16(2,15(20)21)9-10-19-12-11-18(3)13-7-5-6-8-14(13)19/h5-8,17H,4,9-12H2,1-3H3,(H,20,21). The zero-order valence-corrected chi connectivity index (χ0v) is 13.1. The normalized spacial score (nSPS) is 17.3. The van der Waals surface area contributed by atoms with E-state index in [9.17, 15) is 9.90 Å². The van der Waals surface area contributed by atoms with Gasteiger partial charge in [0.2, 0.25) is 0 Å². The third-order valence-electron chi connectivity index (χ3n) is 4.26. The van der Waals surface area contributed by atoms with Crippen molar-refractivity contribution in [3.63, 3.8) is 0 Å². The molecule has 0 bridgehead atoms. The molecule has 0 aromatic heterocycles. The number of hydrogen-bond donors (Lipinski definition) is 2. The van der Waals surface area contributed by atoms with Crippen LogP contribution >= 0.6 is 0 Å². The van der Waals surface area contributed by atoms with E-state index in [0.717, 1.165) is 19.6 Å². The van der Waals surface area contributed by atoms with Crippen LogP contribution in [0, 0.1) is 0 Å². The molecule has 0 radical (unpaired) electrons. The zero-order chi connectivity index (χ0) is 15.5. The summed E-state index contributed by atoms with van der Waals surface area (Å²) in [5.41, 5.74) is 1.53. The molecule has 5 nitrogen and oxygen atoms in total. The second kappa shape index (κ2) is 6.35. The predicted octanol–water partition coefficient (Wildman–Crippen LogP) is 1.79. The molecule has 1 aliphatic heterocycles. The van der Waals surface area contributed by atoms with Gasteiger partial charge in [-0.05, 0) is 32.0 Å². The Balaban J connectivity index is 2.11. The van der Waals surface area contributed by atoms with Crippen molar-refractivity contribution in [3.8, 4) is 0 Å². The van der Waals surface area contributed by atoms with E-state index in [1.165, 1.54) is 11.4 Å². The molecule has 0 saturated heterocycles. The summed E-state index contributed by atoms with van der Waals surface area (Å²) in [5.74, 6) is -0.785. The molecule has 0 aliphatic carbocycles. The molecule has 0 saturated carbocycles. The molecule has 0 amide bonds. The molecule has 1 aromatic rings. The smallest absolute Gasteiger partial charge is 0.323 e. The van der Waals surface area contributed by atoms with Gasteiger partial charge < -0.3 is 20.2 Å². The monoisotopic (exact) mass is 291 g/mol. The second-order valence-electron chi connectivity index (χ2n) is 5.81. The SMILES string of the molecule is CCNC(C)(CCN1CCN(C)c2ccccc21)C(=O)O. The van der Waals surface area contributed by atoms with Crippen LogP contribution in [0.25, 0.3) is 0 Å². The number of nitrogens with zero attached hydrogens (tertiary/aromatic N) is 2. The number of hydrogen-bond acceptors (Lipinski definition) is 4. The van der Waals surface area contributed by atoms with Gasteiger partial charge in [0.25, 0.3) is 0 Å². The maximum atomic E-state index is 11.5. The number of benzene rings is 1. The molecule has 1 unspecified atom stereocenters. The second-order valence-corrected chi connectivity index (χ2v) is 5.81. The van der Waals surface area contributed by atoms with E-state index in [4.69, 9.17) is 0 Å². The first-order valence-electron chi connectivity index (χ1n) is 7.51. The van der Waals surface area contributed by atoms with Crippen molar-refractivity contribution in [2.24, 2.45) is 0 Å². The number of anilines is 2. The van der Waals surface area contributed by atoms with Gasteiger partial charge in [0.05, 0.1) is 11.4 Å². The van der Waals surface area contributed by atoms with Gasteiger partial charge in [0, 0.05) is 26.7 Å². The Bertz CT molecular complexity index is 506. The van der Waals surface area contributed by atoms with E-state index in [1.54, 1.807) is 6.92 Å². The first kappa shape index (κ1) is 15.6. The third kappa shape index (κ3) is 3.29. The summed E-state index contributed by atoms with van der Waals surface area (Å²) in [4.78, 5) is 16.0. The van der Waals surface area contributed by atoms with E-state index in [0.29, 0.717) is 13.0 Å². The van der Waals surface area contributed by atoms with Gasteiger partial charge in [-0.2, -0.15) is 0 Å². The first-order valence-corrected chi connectivity index (χ1v) is 7.51. The highest BCUT2D eigenvalue weighted by atomic mass is 16.4. The summed E-state index contributed by atoms with van der Waals surface area (Å²) in [5, 5.41) is 12.5. The van der Waals surface area contributed by atoms with E-state index in [1.807, 2.05) is 19.1 Å². The van der Waals surface area contributed by atoms with Gasteiger partial charge in [-0.25, -0.2) is 0 Å². The van der Waals surface area contributed by atoms with Crippen molar-refractivity contribution in [3.05, 3.63) is 24.3 Å². The number of rotatable bonds is 6. The van der Waals surface area contributed by atoms with Crippen molar-refractivity contribution in [1.29, 1.82) is 0 Å². The van der Waals surface area contributed by atoms with Crippen LogP contribution in [-0.4, -0.2) is 49.8 Å². The lowest BCUT2D eigenvalue weighted by Crippen LogP contribution is -2.52. The average Bonchev–Trinajstić information content (AvgIpc) is 2.47. The quantitative estimate of drug-likeness (QED) is 0.837. The molecule has 116 valence electrons. The summed E-state index contributed by atoms with van der Waals surface area (Å²) in [6.07, 6.45) is 0.578. The molecular formula is C16H25N3O2. The van der Waals surface area contributed by atoms with E-state index in [2.05, 4.69) is 34.3 Å². The Labute approximate surface area is 126 Å². The minimum Gasteiger partial charge on any atom is -0.480 e. The number of carboxylic acids is 1. The van der Waals surface area contributed by atoms with Crippen LogP contribution in [0.4, 0.5) is 11.4 Å². The van der Waals surface area contributed by atoms with Crippen LogP contribution in [0.1, 0.15) is 20.3 Å². The van der Waals surface area contributed by atoms with Gasteiger partial charge in [-0.15, -0.1) is 0 Å². The molecule has 0 spiro atoms. The highest BCUT2D eigenvalue weighted by Gasteiger charge is 2.33. The number of para-hydroxylation sites is 2. The molecule has 1 heterocycles. The van der Waals surface area contributed by atoms with Gasteiger partial charge in [0.15, 0.2) is 0 Å². The Morgan fingerprint density at radius 1 is 1.33 bits per heavy atom. The lowest BCUT2D eigenvalue weighted by Gasteiger charge is -2.38. The fraction of sp³-hybridized carbons (Fsp3) is 0.562. The maximum absolute atomic E-state index is 11.5. The van der Waals surface area contributed by atoms with E-state index < -0.39 is 11.5 Å². The molecule has 21 heavy (non-hydrogen) atoms. The van der Waals surface area contributed by atoms with Crippen LogP contribution in [-0.2, 0) is 4.79 Å². The topological polar surface area (TPSA) is 55.8 Å². The number of likely N-dealkylation sites (N-methyl/N-ethyl adjacent to an activating group) is 2. The first-order chi connectivity index (χ1) is 9.98. The van der Waals surface area contributed by atoms with E-state index in [-0.39, 0.29) is 0 Å². The third-order valence-corrected chi connectivity index (χ3v) is 4.26. The van der Waals surface area contributed by atoms with Crippen LogP contribution in [0.3, 0.4) is 0 Å². The molecule has 2 N–H and O–H groups in total. The summed E-state index contributed by atoms with van der Waals surface area (Å²) >= 11 is 0. The molecular weight excluding hydrogens is 266 g/mol. The Morgan fingerprint density at radius 3 is 2.62 bits per heavy atom. The van der Waals surface area contributed by atoms with Crippen molar-refractivity contribution in [2.75, 3.05) is 43.0 Å². The summed E-state index contributed by atoms with van der Waals surface area (Å²) in [7, 11) is 2.09. The van der Waals surface area contributed by atoms with Gasteiger partial charge in [-0.3, -0.25) is 4.79 Å². The molecule has 1 aliphatic rings. The lowest BCUT2D eigenvalue weighted by atomic mass is 9.97. The highest BCUT2D eigenvalue weighted by Crippen LogP contribution is 2.32. The van der Waals surface area contributed by atoms with Gasteiger partial charge in [0.1, 0.15) is 5.54 Å². The fourth-order valence-electron chi connectivity index (χ4n) is 2.82. The Kier molecular flexibility index (Phi) is 4.73. The average molecular weight is 291 g/mol. The lowest BCUT2D eigenvalue weighted by molar-refractivity contribution is -0.144. The number of carbonyl (C=O) groups is 1. The van der Waals surface area contributed by atoms with Crippen LogP contribution < -0.4 is 15.1 Å². The molecule has 5 heteroatoms. The Hall–Kier alpha value is -1.75. The number of aliphatic carboxylic acids is 1. The molecule has 1 atom stereocenters. The Morgan fingerprint density at radius 2 is 2.00 bits per heavy atom. The van der Waals surface area contributed by atoms with Crippen LogP contribution in [0.2, 0.25) is 0 Å². The van der Waals surface area contributed by atoms with Crippen molar-refractivity contribution < 1.29 is 9.90 Å². The predicted molar refractivity (Wildman–Crippen MR) is 86.3 cm³/mol. The van der Waals surface area contributed by atoms with Crippen LogP contribution in [0.15, 0.2) is 24.3 Å². The minimum absolute atomic E-state index is 0.578. The van der Waals surface area contributed by atoms with Crippen molar-refractivity contribution >= 4 is 17.3 Å². The molecule has 1 aromatic carbocycles. The van der Waals surface area contributed by atoms with E-state index >= 15 is 0 Å². The zero-order valence-electron chi connectivity index (χ0n) is 13.1. The fourth-order valence-corrected chi connectivity index (χ4v) is 2.82. The molecule has 2 rings (SSSR count). The van der Waals surface area contributed by atoms with Crippen molar-refractivity contribution in [2.45, 2.75) is 25.8 Å². The van der Waals surface area contributed by atoms with Crippen LogP contribution in [0.5, 0.6) is 0 Å². The number of fused-ring (bicyclic) bond motifs is 1. The van der Waals surface area contributed by atoms with Gasteiger partial charge in [-0.1, -0.05) is 19.1 Å². The number of nitrogens with one attached hydrogen (secondary N) is 1. The van der Waals surface area contributed by atoms with Crippen molar-refractivity contribution in [1.82, 2.24) is 5.32 Å². The minimum atomic E-state index is -0.868.